The van der Waals surface area contributed by atoms with Crippen LogP contribution in [0.4, 0.5) is 8.78 Å². The molecule has 0 spiro atoms. The number of hydrogen-bond donors (Lipinski definition) is 0. The van der Waals surface area contributed by atoms with E-state index in [9.17, 15) is 8.78 Å². The molecular weight excluding hydrogens is 334 g/mol. The van der Waals surface area contributed by atoms with Crippen LogP contribution >= 0.6 is 15.9 Å². The highest BCUT2D eigenvalue weighted by Gasteiger charge is 2.25. The van der Waals surface area contributed by atoms with Gasteiger partial charge in [-0.3, -0.25) is 0 Å². The van der Waals surface area contributed by atoms with Crippen molar-refractivity contribution < 1.29 is 8.78 Å². The van der Waals surface area contributed by atoms with Crippen molar-refractivity contribution in [2.24, 2.45) is 5.92 Å². The van der Waals surface area contributed by atoms with Crippen molar-refractivity contribution >= 4 is 15.9 Å². The lowest BCUT2D eigenvalue weighted by Gasteiger charge is -2.21. The predicted molar refractivity (Wildman–Crippen MR) is 84.6 cm³/mol. The number of aryl methyl sites for hydroxylation is 1. The van der Waals surface area contributed by atoms with E-state index in [4.69, 9.17) is 0 Å². The van der Waals surface area contributed by atoms with Crippen LogP contribution in [0, 0.1) is 17.6 Å². The molecule has 0 radical (unpaired) electrons. The van der Waals surface area contributed by atoms with Gasteiger partial charge in [-0.1, -0.05) is 46.3 Å². The zero-order valence-corrected chi connectivity index (χ0v) is 13.2. The lowest BCUT2D eigenvalue weighted by molar-refractivity contribution is 0.469. The molecule has 2 unspecified atom stereocenters. The second-order valence-electron chi connectivity index (χ2n) is 5.71. The largest absolute Gasteiger partial charge is 0.204 e. The van der Waals surface area contributed by atoms with E-state index < -0.39 is 11.6 Å². The molecular formula is C18H17BrF2. The van der Waals surface area contributed by atoms with Crippen LogP contribution in [0.2, 0.25) is 0 Å². The summed E-state index contributed by atoms with van der Waals surface area (Å²) in [6, 6.07) is 12.7. The molecule has 2 atom stereocenters. The van der Waals surface area contributed by atoms with E-state index in [1.807, 2.05) is 0 Å². The standard InChI is InChI=1S/C18H17BrF2/c19-18-14(10-12-8-9-16(20)17(21)11-12)6-3-5-13-4-1-2-7-15(13)18/h1-2,4,7-9,11,14,18H,3,5-6,10H2. The van der Waals surface area contributed by atoms with E-state index in [1.54, 1.807) is 6.07 Å². The van der Waals surface area contributed by atoms with Gasteiger partial charge in [-0.15, -0.1) is 0 Å². The van der Waals surface area contributed by atoms with Gasteiger partial charge in [0, 0.05) is 4.83 Å². The van der Waals surface area contributed by atoms with Gasteiger partial charge in [0.2, 0.25) is 0 Å². The Labute approximate surface area is 132 Å². The summed E-state index contributed by atoms with van der Waals surface area (Å²) in [5, 5.41) is 0. The second-order valence-corrected chi connectivity index (χ2v) is 6.69. The Balaban J connectivity index is 1.84. The van der Waals surface area contributed by atoms with Gasteiger partial charge in [0.05, 0.1) is 0 Å². The first-order valence-corrected chi connectivity index (χ1v) is 8.22. The van der Waals surface area contributed by atoms with Crippen molar-refractivity contribution in [3.63, 3.8) is 0 Å². The summed E-state index contributed by atoms with van der Waals surface area (Å²) in [4.78, 5) is 0.268. The maximum Gasteiger partial charge on any atom is 0.159 e. The summed E-state index contributed by atoms with van der Waals surface area (Å²) in [6.45, 7) is 0. The monoisotopic (exact) mass is 350 g/mol. The normalized spacial score (nSPS) is 21.7. The molecule has 0 aliphatic heterocycles. The highest BCUT2D eigenvalue weighted by atomic mass is 79.9. The van der Waals surface area contributed by atoms with Gasteiger partial charge in [-0.05, 0) is 60.4 Å². The minimum atomic E-state index is -0.777. The number of halogens is 3. The van der Waals surface area contributed by atoms with Gasteiger partial charge < -0.3 is 0 Å². The Hall–Kier alpha value is -1.22. The third kappa shape index (κ3) is 3.18. The molecule has 0 saturated heterocycles. The van der Waals surface area contributed by atoms with Crippen LogP contribution in [-0.2, 0) is 12.8 Å². The molecule has 110 valence electrons. The number of rotatable bonds is 2. The van der Waals surface area contributed by atoms with Gasteiger partial charge >= 0.3 is 0 Å². The van der Waals surface area contributed by atoms with E-state index in [-0.39, 0.29) is 4.83 Å². The molecule has 0 fully saturated rings. The average Bonchev–Trinajstić information content (AvgIpc) is 2.64. The molecule has 0 amide bonds. The first-order chi connectivity index (χ1) is 10.1. The molecule has 0 saturated carbocycles. The number of hydrogen-bond acceptors (Lipinski definition) is 0. The smallest absolute Gasteiger partial charge is 0.159 e. The van der Waals surface area contributed by atoms with Crippen LogP contribution in [0.1, 0.15) is 34.4 Å². The molecule has 1 aliphatic rings. The van der Waals surface area contributed by atoms with Crippen LogP contribution in [0.15, 0.2) is 42.5 Å². The minimum absolute atomic E-state index is 0.268. The highest BCUT2D eigenvalue weighted by molar-refractivity contribution is 9.09. The van der Waals surface area contributed by atoms with E-state index in [0.29, 0.717) is 5.92 Å². The summed E-state index contributed by atoms with van der Waals surface area (Å²) < 4.78 is 26.4. The summed E-state index contributed by atoms with van der Waals surface area (Å²) in [5.41, 5.74) is 3.59. The molecule has 2 aromatic rings. The van der Waals surface area contributed by atoms with Gasteiger partial charge in [0.1, 0.15) is 0 Å². The van der Waals surface area contributed by atoms with Crippen molar-refractivity contribution in [3.8, 4) is 0 Å². The van der Waals surface area contributed by atoms with Gasteiger partial charge in [-0.2, -0.15) is 0 Å². The fraction of sp³-hybridized carbons (Fsp3) is 0.333. The molecule has 0 N–H and O–H groups in total. The summed E-state index contributed by atoms with van der Waals surface area (Å²) in [5.74, 6) is -1.13. The zero-order chi connectivity index (χ0) is 14.8. The average molecular weight is 351 g/mol. The Kier molecular flexibility index (Phi) is 4.39. The van der Waals surface area contributed by atoms with Crippen molar-refractivity contribution in [3.05, 3.63) is 70.8 Å². The summed E-state index contributed by atoms with van der Waals surface area (Å²) >= 11 is 3.83. The number of fused-ring (bicyclic) bond motifs is 1. The number of benzene rings is 2. The van der Waals surface area contributed by atoms with E-state index in [0.717, 1.165) is 31.2 Å². The van der Waals surface area contributed by atoms with Crippen LogP contribution in [0.5, 0.6) is 0 Å². The maximum atomic E-state index is 13.4. The predicted octanol–water partition coefficient (Wildman–Crippen LogP) is 5.60. The number of alkyl halides is 1. The first kappa shape index (κ1) is 14.7. The minimum Gasteiger partial charge on any atom is -0.204 e. The lowest BCUT2D eigenvalue weighted by atomic mass is 9.90. The zero-order valence-electron chi connectivity index (χ0n) is 11.7. The maximum absolute atomic E-state index is 13.4. The van der Waals surface area contributed by atoms with Gasteiger partial charge in [0.25, 0.3) is 0 Å². The Bertz CT molecular complexity index is 639. The lowest BCUT2D eigenvalue weighted by Crippen LogP contribution is -2.10. The molecule has 21 heavy (non-hydrogen) atoms. The Morgan fingerprint density at radius 1 is 1.05 bits per heavy atom. The molecule has 0 bridgehead atoms. The highest BCUT2D eigenvalue weighted by Crippen LogP contribution is 2.40. The second kappa shape index (κ2) is 6.27. The van der Waals surface area contributed by atoms with Gasteiger partial charge in [0.15, 0.2) is 11.6 Å². The quantitative estimate of drug-likeness (QED) is 0.488. The van der Waals surface area contributed by atoms with E-state index in [1.165, 1.54) is 23.3 Å². The molecule has 3 rings (SSSR count). The third-order valence-corrected chi connectivity index (χ3v) is 5.51. The van der Waals surface area contributed by atoms with Crippen LogP contribution < -0.4 is 0 Å². The van der Waals surface area contributed by atoms with Crippen LogP contribution in [0.25, 0.3) is 0 Å². The van der Waals surface area contributed by atoms with Gasteiger partial charge in [-0.25, -0.2) is 8.78 Å². The Morgan fingerprint density at radius 3 is 2.67 bits per heavy atom. The van der Waals surface area contributed by atoms with Crippen molar-refractivity contribution in [1.82, 2.24) is 0 Å². The molecule has 1 aliphatic carbocycles. The fourth-order valence-electron chi connectivity index (χ4n) is 3.16. The van der Waals surface area contributed by atoms with Crippen LogP contribution in [0.3, 0.4) is 0 Å². The van der Waals surface area contributed by atoms with Crippen molar-refractivity contribution in [2.75, 3.05) is 0 Å². The first-order valence-electron chi connectivity index (χ1n) is 7.31. The molecule has 0 heterocycles. The molecule has 0 aromatic heterocycles. The van der Waals surface area contributed by atoms with Crippen LogP contribution in [-0.4, -0.2) is 0 Å². The third-order valence-electron chi connectivity index (χ3n) is 4.27. The summed E-state index contributed by atoms with van der Waals surface area (Å²) in [7, 11) is 0. The van der Waals surface area contributed by atoms with E-state index >= 15 is 0 Å². The SMILES string of the molecule is Fc1ccc(CC2CCCc3ccccc3C2Br)cc1F. The fourth-order valence-corrected chi connectivity index (χ4v) is 4.06. The summed E-state index contributed by atoms with van der Waals surface area (Å²) in [6.07, 6.45) is 4.07. The molecule has 0 nitrogen and oxygen atoms in total. The van der Waals surface area contributed by atoms with Crippen molar-refractivity contribution in [2.45, 2.75) is 30.5 Å². The molecule has 2 aromatic carbocycles. The van der Waals surface area contributed by atoms with Crippen molar-refractivity contribution in [1.29, 1.82) is 0 Å². The molecule has 3 heteroatoms. The van der Waals surface area contributed by atoms with E-state index in [2.05, 4.69) is 40.2 Å². The topological polar surface area (TPSA) is 0 Å². The Morgan fingerprint density at radius 2 is 1.86 bits per heavy atom.